The molecule has 0 aliphatic carbocycles. The minimum atomic E-state index is 0.465. The van der Waals surface area contributed by atoms with E-state index < -0.39 is 0 Å². The maximum Gasteiger partial charge on any atom is 0.0541 e. The maximum absolute atomic E-state index is 4.45. The Balaban J connectivity index is 1.58. The summed E-state index contributed by atoms with van der Waals surface area (Å²) in [6, 6.07) is 8.90. The standard InChI is InChI=1S/C18H24N4/c1-14-5-6-17(21-10-14)13-20-12-16-7-9-22(2)18(16)15-4-3-8-19-11-15/h3-6,8,10-11,16,18,20H,7,9,12-13H2,1-2H3/t16-,18-/m0/s1. The molecule has 4 heteroatoms. The fourth-order valence-corrected chi connectivity index (χ4v) is 3.31. The molecule has 0 spiro atoms. The van der Waals surface area contributed by atoms with E-state index in [1.165, 1.54) is 17.5 Å². The van der Waals surface area contributed by atoms with Crippen molar-refractivity contribution < 1.29 is 0 Å². The Kier molecular flexibility index (Phi) is 4.80. The largest absolute Gasteiger partial charge is 0.311 e. The van der Waals surface area contributed by atoms with Gasteiger partial charge in [-0.05, 0) is 56.1 Å². The predicted molar refractivity (Wildman–Crippen MR) is 88.4 cm³/mol. The Morgan fingerprint density at radius 3 is 2.91 bits per heavy atom. The minimum Gasteiger partial charge on any atom is -0.311 e. The van der Waals surface area contributed by atoms with Gasteiger partial charge in [0.2, 0.25) is 0 Å². The molecule has 1 aliphatic rings. The zero-order valence-corrected chi connectivity index (χ0v) is 13.4. The highest BCUT2D eigenvalue weighted by Crippen LogP contribution is 2.35. The Morgan fingerprint density at radius 2 is 2.18 bits per heavy atom. The van der Waals surface area contributed by atoms with Gasteiger partial charge in [-0.25, -0.2) is 0 Å². The number of nitrogens with zero attached hydrogens (tertiary/aromatic N) is 3. The van der Waals surface area contributed by atoms with Crippen molar-refractivity contribution in [3.05, 3.63) is 59.7 Å². The smallest absolute Gasteiger partial charge is 0.0541 e. The van der Waals surface area contributed by atoms with Crippen LogP contribution in [0.4, 0.5) is 0 Å². The zero-order valence-electron chi connectivity index (χ0n) is 13.4. The second-order valence-corrected chi connectivity index (χ2v) is 6.22. The molecule has 4 nitrogen and oxygen atoms in total. The number of hydrogen-bond donors (Lipinski definition) is 1. The van der Waals surface area contributed by atoms with Crippen molar-refractivity contribution in [2.75, 3.05) is 20.1 Å². The Hall–Kier alpha value is -1.78. The summed E-state index contributed by atoms with van der Waals surface area (Å²) < 4.78 is 0. The van der Waals surface area contributed by atoms with Crippen LogP contribution in [0.1, 0.15) is 29.3 Å². The average Bonchev–Trinajstić information content (AvgIpc) is 2.91. The third-order valence-corrected chi connectivity index (χ3v) is 4.49. The van der Waals surface area contributed by atoms with Gasteiger partial charge in [-0.2, -0.15) is 0 Å². The third-order valence-electron chi connectivity index (χ3n) is 4.49. The van der Waals surface area contributed by atoms with E-state index in [-0.39, 0.29) is 0 Å². The van der Waals surface area contributed by atoms with Crippen LogP contribution in [0.2, 0.25) is 0 Å². The molecule has 0 radical (unpaired) electrons. The minimum absolute atomic E-state index is 0.465. The van der Waals surface area contributed by atoms with Crippen molar-refractivity contribution >= 4 is 0 Å². The predicted octanol–water partition coefficient (Wildman–Crippen LogP) is 2.57. The second-order valence-electron chi connectivity index (χ2n) is 6.22. The van der Waals surface area contributed by atoms with Crippen LogP contribution in [-0.4, -0.2) is 35.0 Å². The highest BCUT2D eigenvalue weighted by Gasteiger charge is 2.32. The lowest BCUT2D eigenvalue weighted by Gasteiger charge is -2.25. The van der Waals surface area contributed by atoms with E-state index >= 15 is 0 Å². The highest BCUT2D eigenvalue weighted by molar-refractivity contribution is 5.17. The quantitative estimate of drug-likeness (QED) is 0.920. The van der Waals surface area contributed by atoms with Crippen molar-refractivity contribution in [2.45, 2.75) is 25.9 Å². The van der Waals surface area contributed by atoms with Gasteiger partial charge in [0.1, 0.15) is 0 Å². The van der Waals surface area contributed by atoms with E-state index in [1.54, 1.807) is 0 Å². The van der Waals surface area contributed by atoms with Gasteiger partial charge in [0.25, 0.3) is 0 Å². The SMILES string of the molecule is Cc1ccc(CNC[C@@H]2CCN(C)[C@H]2c2cccnc2)nc1. The molecule has 3 rings (SSSR count). The fraction of sp³-hybridized carbons (Fsp3) is 0.444. The van der Waals surface area contributed by atoms with Crippen LogP contribution in [0.15, 0.2) is 42.9 Å². The topological polar surface area (TPSA) is 41.0 Å². The first kappa shape index (κ1) is 15.1. The van der Waals surface area contributed by atoms with Crippen molar-refractivity contribution in [1.29, 1.82) is 0 Å². The summed E-state index contributed by atoms with van der Waals surface area (Å²) >= 11 is 0. The molecule has 1 saturated heterocycles. The van der Waals surface area contributed by atoms with Gasteiger partial charge in [-0.1, -0.05) is 12.1 Å². The van der Waals surface area contributed by atoms with Crippen molar-refractivity contribution in [1.82, 2.24) is 20.2 Å². The van der Waals surface area contributed by atoms with Gasteiger partial charge in [0.05, 0.1) is 5.69 Å². The summed E-state index contributed by atoms with van der Waals surface area (Å²) in [7, 11) is 2.21. The van der Waals surface area contributed by atoms with Crippen LogP contribution in [0.3, 0.4) is 0 Å². The van der Waals surface area contributed by atoms with Gasteiger partial charge in [0.15, 0.2) is 0 Å². The van der Waals surface area contributed by atoms with Gasteiger partial charge < -0.3 is 5.32 Å². The van der Waals surface area contributed by atoms with Crippen LogP contribution in [0, 0.1) is 12.8 Å². The first-order valence-electron chi connectivity index (χ1n) is 7.96. The Labute approximate surface area is 132 Å². The molecule has 22 heavy (non-hydrogen) atoms. The van der Waals surface area contributed by atoms with Crippen LogP contribution in [-0.2, 0) is 6.54 Å². The lowest BCUT2D eigenvalue weighted by atomic mass is 9.95. The van der Waals surface area contributed by atoms with Gasteiger partial charge in [-0.15, -0.1) is 0 Å². The number of hydrogen-bond acceptors (Lipinski definition) is 4. The molecular weight excluding hydrogens is 272 g/mol. The van der Waals surface area contributed by atoms with Crippen molar-refractivity contribution in [3.63, 3.8) is 0 Å². The summed E-state index contributed by atoms with van der Waals surface area (Å²) in [4.78, 5) is 11.2. The Bertz CT molecular complexity index is 582. The van der Waals surface area contributed by atoms with Crippen molar-refractivity contribution in [2.24, 2.45) is 5.92 Å². The third kappa shape index (κ3) is 3.51. The van der Waals surface area contributed by atoms with Crippen molar-refractivity contribution in [3.8, 4) is 0 Å². The molecule has 2 atom stereocenters. The summed E-state index contributed by atoms with van der Waals surface area (Å²) in [5, 5.41) is 3.57. The van der Waals surface area contributed by atoms with Gasteiger partial charge >= 0.3 is 0 Å². The molecule has 1 fully saturated rings. The molecule has 2 aromatic rings. The summed E-state index contributed by atoms with van der Waals surface area (Å²) in [6.45, 7) is 5.06. The van der Waals surface area contributed by atoms with Gasteiger partial charge in [-0.3, -0.25) is 14.9 Å². The van der Waals surface area contributed by atoms with E-state index in [4.69, 9.17) is 0 Å². The van der Waals surface area contributed by atoms with E-state index in [9.17, 15) is 0 Å². The zero-order chi connectivity index (χ0) is 15.4. The van der Waals surface area contributed by atoms with Gasteiger partial charge in [0, 0.05) is 37.7 Å². The van der Waals surface area contributed by atoms with Crippen LogP contribution in [0.5, 0.6) is 0 Å². The van der Waals surface area contributed by atoms with Crippen LogP contribution in [0.25, 0.3) is 0 Å². The number of nitrogens with one attached hydrogen (secondary N) is 1. The summed E-state index contributed by atoms with van der Waals surface area (Å²) in [5.74, 6) is 0.625. The molecular formula is C18H24N4. The number of aromatic nitrogens is 2. The highest BCUT2D eigenvalue weighted by atomic mass is 15.2. The monoisotopic (exact) mass is 296 g/mol. The molecule has 0 aromatic carbocycles. The molecule has 1 N–H and O–H groups in total. The lowest BCUT2D eigenvalue weighted by molar-refractivity contribution is 0.271. The molecule has 1 aliphatic heterocycles. The summed E-state index contributed by atoms with van der Waals surface area (Å²) in [6.07, 6.45) is 7.00. The number of aryl methyl sites for hydroxylation is 1. The molecule has 0 saturated carbocycles. The lowest BCUT2D eigenvalue weighted by Crippen LogP contribution is -2.28. The van der Waals surface area contributed by atoms with Crippen LogP contribution >= 0.6 is 0 Å². The summed E-state index contributed by atoms with van der Waals surface area (Å²) in [5.41, 5.74) is 3.63. The first-order chi connectivity index (χ1) is 10.7. The first-order valence-corrected chi connectivity index (χ1v) is 7.96. The number of likely N-dealkylation sites (tertiary alicyclic amines) is 1. The molecule has 0 bridgehead atoms. The van der Waals surface area contributed by atoms with E-state index in [0.717, 1.165) is 25.3 Å². The molecule has 116 valence electrons. The fourth-order valence-electron chi connectivity index (χ4n) is 3.31. The van der Waals surface area contributed by atoms with E-state index in [1.807, 2.05) is 24.7 Å². The molecule has 2 aromatic heterocycles. The molecule has 0 amide bonds. The number of pyridine rings is 2. The maximum atomic E-state index is 4.45. The number of rotatable bonds is 5. The van der Waals surface area contributed by atoms with E-state index in [2.05, 4.69) is 52.4 Å². The normalized spacial score (nSPS) is 22.1. The van der Waals surface area contributed by atoms with E-state index in [0.29, 0.717) is 12.0 Å². The molecule has 0 unspecified atom stereocenters. The average molecular weight is 296 g/mol. The Morgan fingerprint density at radius 1 is 1.27 bits per heavy atom. The van der Waals surface area contributed by atoms with Crippen LogP contribution < -0.4 is 5.32 Å². The molecule has 3 heterocycles. The second kappa shape index (κ2) is 6.99.